The molecule has 3 rings (SSSR count). The van der Waals surface area contributed by atoms with Gasteiger partial charge in [0, 0.05) is 18.7 Å². The van der Waals surface area contributed by atoms with Crippen LogP contribution in [-0.2, 0) is 20.3 Å². The summed E-state index contributed by atoms with van der Waals surface area (Å²) in [5.74, 6) is -0.00474. The molecule has 1 amide bonds. The monoisotopic (exact) mass is 600 g/mol. The lowest BCUT2D eigenvalue weighted by Crippen LogP contribution is -2.40. The van der Waals surface area contributed by atoms with E-state index < -0.39 is 7.80 Å². The zero-order chi connectivity index (χ0) is 24.1. The number of rotatable bonds is 7. The molecule has 176 valence electrons. The highest BCUT2D eigenvalue weighted by Gasteiger charge is 2.29. The zero-order valence-corrected chi connectivity index (χ0v) is 22.4. The van der Waals surface area contributed by atoms with Crippen LogP contribution in [0.5, 0.6) is 17.2 Å². The first-order chi connectivity index (χ1) is 15.7. The van der Waals surface area contributed by atoms with Gasteiger partial charge in [-0.3, -0.25) is 9.59 Å². The summed E-state index contributed by atoms with van der Waals surface area (Å²) in [5, 5.41) is 10.3. The van der Waals surface area contributed by atoms with Crippen LogP contribution >= 0.6 is 39.7 Å². The minimum absolute atomic E-state index is 0.133. The molecule has 0 radical (unpaired) electrons. The lowest BCUT2D eigenvalue weighted by atomic mass is 9.96. The molecule has 1 saturated heterocycles. The number of carbonyl (C=O) groups is 2. The molecule has 0 aliphatic carbocycles. The molecule has 7 nitrogen and oxygen atoms in total. The van der Waals surface area contributed by atoms with Crippen molar-refractivity contribution in [2.75, 3.05) is 26.4 Å². The smallest absolute Gasteiger partial charge is 0.340 e. The van der Waals surface area contributed by atoms with E-state index >= 15 is 0 Å². The molecule has 1 fully saturated rings. The van der Waals surface area contributed by atoms with Gasteiger partial charge in [-0.2, -0.15) is 0 Å². The summed E-state index contributed by atoms with van der Waals surface area (Å²) in [4.78, 5) is 26.6. The molecule has 0 bridgehead atoms. The molecular weight excluding hydrogens is 577 g/mol. The van der Waals surface area contributed by atoms with E-state index in [9.17, 15) is 19.3 Å². The van der Waals surface area contributed by atoms with Gasteiger partial charge in [0.1, 0.15) is 18.2 Å². The Kier molecular flexibility index (Phi) is 8.90. The van der Waals surface area contributed by atoms with Crippen molar-refractivity contribution in [1.82, 2.24) is 4.90 Å². The minimum atomic E-state index is -1.32. The number of benzene rings is 2. The fourth-order valence-electron chi connectivity index (χ4n) is 3.67. The molecular formula is C23H25Br2NO6P+. The molecule has 0 aromatic heterocycles. The summed E-state index contributed by atoms with van der Waals surface area (Å²) >= 11 is 6.97. The van der Waals surface area contributed by atoms with E-state index in [4.69, 9.17) is 9.47 Å². The molecule has 10 heteroatoms. The molecule has 1 atom stereocenters. The van der Waals surface area contributed by atoms with Crippen LogP contribution in [0, 0.1) is 5.92 Å². The molecule has 33 heavy (non-hydrogen) atoms. The molecule has 0 saturated carbocycles. The summed E-state index contributed by atoms with van der Waals surface area (Å²) in [5.41, 5.74) is 1.03. The topological polar surface area (TPSA) is 93.1 Å². The van der Waals surface area contributed by atoms with E-state index in [0.29, 0.717) is 59.1 Å². The number of phenols is 1. The van der Waals surface area contributed by atoms with E-state index in [1.807, 2.05) is 12.1 Å². The zero-order valence-electron chi connectivity index (χ0n) is 18.3. The summed E-state index contributed by atoms with van der Waals surface area (Å²) in [6.45, 7) is 4.60. The Morgan fingerprint density at radius 3 is 2.36 bits per heavy atom. The van der Waals surface area contributed by atoms with Gasteiger partial charge in [0.2, 0.25) is 0 Å². The first kappa shape index (κ1) is 25.7. The Hall–Kier alpha value is -1.96. The molecule has 1 unspecified atom stereocenters. The maximum Gasteiger partial charge on any atom is 0.340 e. The van der Waals surface area contributed by atoms with E-state index in [2.05, 4.69) is 31.9 Å². The van der Waals surface area contributed by atoms with Gasteiger partial charge in [0.15, 0.2) is 11.9 Å². The number of aromatic hydroxyl groups is 1. The Balaban J connectivity index is 1.75. The number of hydrogen-bond acceptors (Lipinski definition) is 6. The number of amides is 1. The number of phenolic OH excluding ortho intramolecular Hbond substituents is 1. The fraction of sp³-hybridized carbons (Fsp3) is 0.391. The van der Waals surface area contributed by atoms with Crippen LogP contribution in [0.15, 0.2) is 39.3 Å². The number of halogens is 2. The van der Waals surface area contributed by atoms with Gasteiger partial charge in [-0.25, -0.2) is 0 Å². The van der Waals surface area contributed by atoms with Gasteiger partial charge in [-0.1, -0.05) is 4.57 Å². The summed E-state index contributed by atoms with van der Waals surface area (Å²) in [6.07, 6.45) is 1.51. The van der Waals surface area contributed by atoms with Gasteiger partial charge >= 0.3 is 13.8 Å². The molecule has 2 aromatic rings. The highest BCUT2D eigenvalue weighted by molar-refractivity contribution is 9.11. The Labute approximate surface area is 210 Å². The predicted molar refractivity (Wildman–Crippen MR) is 133 cm³/mol. The molecule has 0 spiro atoms. The predicted octanol–water partition coefficient (Wildman–Crippen LogP) is 6.08. The maximum absolute atomic E-state index is 13.1. The SMILES string of the molecule is CCOC(=O)C1CCN(C(=O)c2cc(Oc3c(Br)cc(C[P+](C)=O)cc3Br)ccc2O)CC1. The van der Waals surface area contributed by atoms with Crippen LogP contribution in [-0.4, -0.2) is 48.2 Å². The lowest BCUT2D eigenvalue weighted by Gasteiger charge is -2.31. The number of esters is 1. The maximum atomic E-state index is 13.1. The second kappa shape index (κ2) is 11.4. The Bertz CT molecular complexity index is 1050. The fourth-order valence-corrected chi connectivity index (χ4v) is 5.81. The van der Waals surface area contributed by atoms with Gasteiger partial charge in [0.25, 0.3) is 5.91 Å². The van der Waals surface area contributed by atoms with E-state index in [-0.39, 0.29) is 29.1 Å². The number of nitrogens with zero attached hydrogens (tertiary/aromatic N) is 1. The van der Waals surface area contributed by atoms with Gasteiger partial charge in [0.05, 0.1) is 27.0 Å². The van der Waals surface area contributed by atoms with Crippen molar-refractivity contribution in [2.45, 2.75) is 25.9 Å². The average Bonchev–Trinajstić information content (AvgIpc) is 2.76. The molecule has 1 N–H and O–H groups in total. The van der Waals surface area contributed by atoms with Crippen molar-refractivity contribution < 1.29 is 28.7 Å². The summed E-state index contributed by atoms with van der Waals surface area (Å²) < 4.78 is 24.0. The number of carbonyl (C=O) groups excluding carboxylic acids is 2. The van der Waals surface area contributed by atoms with E-state index in [1.54, 1.807) is 24.6 Å². The summed E-state index contributed by atoms with van der Waals surface area (Å²) in [7, 11) is -1.32. The van der Waals surface area contributed by atoms with Crippen LogP contribution in [0.3, 0.4) is 0 Å². The number of hydrogen-bond donors (Lipinski definition) is 1. The van der Waals surface area contributed by atoms with E-state index in [0.717, 1.165) is 5.56 Å². The van der Waals surface area contributed by atoms with Crippen molar-refractivity contribution in [3.05, 3.63) is 50.4 Å². The van der Waals surface area contributed by atoms with Crippen LogP contribution in [0.2, 0.25) is 0 Å². The summed E-state index contributed by atoms with van der Waals surface area (Å²) in [6, 6.07) is 8.19. The standard InChI is InChI=1S/C23H24Br2NO6P/c1-3-31-23(29)15-6-8-26(9-7-15)22(28)17-12-16(4-5-20(17)27)32-21-18(24)10-14(11-19(21)25)13-33(2)30/h4-5,10-12,15H,3,6-9,13H2,1-2H3/p+1. The van der Waals surface area contributed by atoms with Crippen molar-refractivity contribution in [2.24, 2.45) is 5.92 Å². The Morgan fingerprint density at radius 1 is 1.15 bits per heavy atom. The first-order valence-corrected chi connectivity index (χ1v) is 14.0. The number of piperidine rings is 1. The van der Waals surface area contributed by atoms with Gasteiger partial charge in [-0.05, 0) is 82.0 Å². The third kappa shape index (κ3) is 6.55. The van der Waals surface area contributed by atoms with Crippen LogP contribution in [0.1, 0.15) is 35.7 Å². The first-order valence-electron chi connectivity index (χ1n) is 10.5. The highest BCUT2D eigenvalue weighted by atomic mass is 79.9. The molecule has 1 aliphatic heterocycles. The minimum Gasteiger partial charge on any atom is -0.507 e. The van der Waals surface area contributed by atoms with Gasteiger partial charge < -0.3 is 19.5 Å². The largest absolute Gasteiger partial charge is 0.507 e. The lowest BCUT2D eigenvalue weighted by molar-refractivity contribution is -0.149. The number of likely N-dealkylation sites (tertiary alicyclic amines) is 1. The van der Waals surface area contributed by atoms with Crippen molar-refractivity contribution in [3.63, 3.8) is 0 Å². The third-order valence-corrected chi connectivity index (χ3v) is 7.27. The second-order valence-electron chi connectivity index (χ2n) is 7.77. The second-order valence-corrected chi connectivity index (χ2v) is 11.1. The van der Waals surface area contributed by atoms with Crippen molar-refractivity contribution in [3.8, 4) is 17.2 Å². The Morgan fingerprint density at radius 2 is 1.79 bits per heavy atom. The van der Waals surface area contributed by atoms with Crippen LogP contribution in [0.25, 0.3) is 0 Å². The number of ether oxygens (including phenoxy) is 2. The van der Waals surface area contributed by atoms with Gasteiger partial charge in [-0.15, -0.1) is 0 Å². The quantitative estimate of drug-likeness (QED) is 0.305. The van der Waals surface area contributed by atoms with Crippen molar-refractivity contribution in [1.29, 1.82) is 0 Å². The normalized spacial score (nSPS) is 14.7. The molecule has 1 heterocycles. The van der Waals surface area contributed by atoms with Crippen LogP contribution < -0.4 is 4.74 Å². The van der Waals surface area contributed by atoms with E-state index in [1.165, 1.54) is 12.1 Å². The highest BCUT2D eigenvalue weighted by Crippen LogP contribution is 2.40. The molecule has 1 aliphatic rings. The molecule has 2 aromatic carbocycles. The van der Waals surface area contributed by atoms with Crippen molar-refractivity contribution >= 4 is 51.5 Å². The third-order valence-electron chi connectivity index (χ3n) is 5.28. The van der Waals surface area contributed by atoms with Crippen LogP contribution in [0.4, 0.5) is 0 Å². The average molecular weight is 602 g/mol.